The molecule has 2 atom stereocenters. The van der Waals surface area contributed by atoms with Crippen LogP contribution in [0.5, 0.6) is 0 Å². The number of esters is 1. The van der Waals surface area contributed by atoms with Crippen molar-refractivity contribution in [2.45, 2.75) is 18.5 Å². The average molecular weight is 313 g/mol. The van der Waals surface area contributed by atoms with E-state index in [9.17, 15) is 14.4 Å². The Hall–Kier alpha value is -2.83. The fraction of sp³-hybridized carbons (Fsp3) is 0.312. The highest BCUT2D eigenvalue weighted by atomic mass is 16.5. The number of H-pyrrole nitrogens is 1. The number of para-hydroxylation sites is 1. The van der Waals surface area contributed by atoms with E-state index in [0.29, 0.717) is 12.1 Å². The lowest BCUT2D eigenvalue weighted by Crippen LogP contribution is -2.62. The molecule has 1 fully saturated rings. The van der Waals surface area contributed by atoms with Gasteiger partial charge in [-0.2, -0.15) is 0 Å². The van der Waals surface area contributed by atoms with Crippen LogP contribution in [0.2, 0.25) is 0 Å². The minimum absolute atomic E-state index is 0.0988. The van der Waals surface area contributed by atoms with Gasteiger partial charge < -0.3 is 19.9 Å². The monoisotopic (exact) mass is 313 g/mol. The van der Waals surface area contributed by atoms with Crippen LogP contribution in [0.15, 0.2) is 24.3 Å². The maximum atomic E-state index is 12.3. The molecule has 1 saturated heterocycles. The molecule has 4 rings (SSSR count). The third-order valence-electron chi connectivity index (χ3n) is 4.56. The quantitative estimate of drug-likeness (QED) is 0.739. The van der Waals surface area contributed by atoms with Crippen molar-refractivity contribution in [3.05, 3.63) is 35.5 Å². The van der Waals surface area contributed by atoms with E-state index in [-0.39, 0.29) is 18.4 Å². The van der Waals surface area contributed by atoms with Gasteiger partial charge in [0.2, 0.25) is 11.8 Å². The van der Waals surface area contributed by atoms with Crippen LogP contribution in [0.25, 0.3) is 10.9 Å². The third kappa shape index (κ3) is 1.86. The summed E-state index contributed by atoms with van der Waals surface area (Å²) in [6.45, 7) is -0.0988. The number of nitrogens with zero attached hydrogens (tertiary/aromatic N) is 1. The van der Waals surface area contributed by atoms with Gasteiger partial charge in [-0.1, -0.05) is 18.2 Å². The molecule has 2 aromatic rings. The van der Waals surface area contributed by atoms with E-state index in [4.69, 9.17) is 4.74 Å². The summed E-state index contributed by atoms with van der Waals surface area (Å²) in [4.78, 5) is 41.5. The fourth-order valence-corrected chi connectivity index (χ4v) is 3.54. The molecule has 7 heteroatoms. The molecule has 118 valence electrons. The SMILES string of the molecule is COC(=O)[C@H]1c2[nH]c3ccccc3c2C[C@H]2C(=O)NCC(=O)N21. The van der Waals surface area contributed by atoms with Crippen LogP contribution in [0, 0.1) is 0 Å². The number of carbonyl (C=O) groups excluding carboxylic acids is 3. The zero-order chi connectivity index (χ0) is 16.1. The van der Waals surface area contributed by atoms with Crippen LogP contribution in [0.4, 0.5) is 0 Å². The van der Waals surface area contributed by atoms with Gasteiger partial charge in [-0.05, 0) is 11.6 Å². The highest BCUT2D eigenvalue weighted by Gasteiger charge is 2.48. The van der Waals surface area contributed by atoms with E-state index in [1.54, 1.807) is 0 Å². The second-order valence-electron chi connectivity index (χ2n) is 5.73. The summed E-state index contributed by atoms with van der Waals surface area (Å²) in [6.07, 6.45) is 0.379. The minimum Gasteiger partial charge on any atom is -0.467 e. The molecule has 0 unspecified atom stereocenters. The van der Waals surface area contributed by atoms with Crippen molar-refractivity contribution in [1.82, 2.24) is 15.2 Å². The van der Waals surface area contributed by atoms with Gasteiger partial charge in [-0.25, -0.2) is 4.79 Å². The Bertz CT molecular complexity index is 841. The van der Waals surface area contributed by atoms with Gasteiger partial charge >= 0.3 is 5.97 Å². The van der Waals surface area contributed by atoms with Gasteiger partial charge in [-0.15, -0.1) is 0 Å². The van der Waals surface area contributed by atoms with Gasteiger partial charge in [0, 0.05) is 17.3 Å². The average Bonchev–Trinajstić information content (AvgIpc) is 2.94. The Morgan fingerprint density at radius 3 is 2.87 bits per heavy atom. The lowest BCUT2D eigenvalue weighted by molar-refractivity contribution is -0.161. The summed E-state index contributed by atoms with van der Waals surface area (Å²) in [6, 6.07) is 6.04. The molecular formula is C16H15N3O4. The first-order valence-electron chi connectivity index (χ1n) is 7.38. The Kier molecular flexibility index (Phi) is 2.90. The van der Waals surface area contributed by atoms with Crippen molar-refractivity contribution in [1.29, 1.82) is 0 Å². The second-order valence-corrected chi connectivity index (χ2v) is 5.73. The van der Waals surface area contributed by atoms with Gasteiger partial charge in [-0.3, -0.25) is 9.59 Å². The van der Waals surface area contributed by atoms with E-state index >= 15 is 0 Å². The minimum atomic E-state index is -0.917. The molecule has 2 N–H and O–H groups in total. The van der Waals surface area contributed by atoms with Crippen LogP contribution >= 0.6 is 0 Å². The normalized spacial score (nSPS) is 23.3. The maximum absolute atomic E-state index is 12.3. The number of benzene rings is 1. The predicted molar refractivity (Wildman–Crippen MR) is 80.4 cm³/mol. The van der Waals surface area contributed by atoms with Gasteiger partial charge in [0.25, 0.3) is 0 Å². The summed E-state index contributed by atoms with van der Waals surface area (Å²) in [7, 11) is 1.28. The van der Waals surface area contributed by atoms with E-state index in [0.717, 1.165) is 16.5 Å². The van der Waals surface area contributed by atoms with E-state index in [1.165, 1.54) is 12.0 Å². The zero-order valence-electron chi connectivity index (χ0n) is 12.5. The van der Waals surface area contributed by atoms with Crippen LogP contribution in [0.3, 0.4) is 0 Å². The molecule has 2 amide bonds. The summed E-state index contributed by atoms with van der Waals surface area (Å²) >= 11 is 0. The van der Waals surface area contributed by atoms with Gasteiger partial charge in [0.05, 0.1) is 19.3 Å². The zero-order valence-corrected chi connectivity index (χ0v) is 12.5. The van der Waals surface area contributed by atoms with Crippen LogP contribution in [0.1, 0.15) is 17.3 Å². The molecular weight excluding hydrogens is 298 g/mol. The molecule has 1 aromatic heterocycles. The van der Waals surface area contributed by atoms with Crippen LogP contribution < -0.4 is 5.32 Å². The molecule has 0 radical (unpaired) electrons. The van der Waals surface area contributed by atoms with Crippen molar-refractivity contribution < 1.29 is 19.1 Å². The molecule has 0 spiro atoms. The maximum Gasteiger partial charge on any atom is 0.334 e. The lowest BCUT2D eigenvalue weighted by Gasteiger charge is -2.42. The van der Waals surface area contributed by atoms with Gasteiger partial charge in [0.15, 0.2) is 6.04 Å². The molecule has 2 aliphatic rings. The second kappa shape index (κ2) is 4.84. The first-order chi connectivity index (χ1) is 11.1. The van der Waals surface area contributed by atoms with E-state index < -0.39 is 18.1 Å². The standard InChI is InChI=1S/C16H15N3O4/c1-23-16(22)14-13-9(8-4-2-3-5-10(8)18-13)6-11-15(21)17-7-12(20)19(11)14/h2-5,11,14,18H,6-7H2,1H3,(H,17,21)/t11-,14+/m0/s1. The molecule has 0 saturated carbocycles. The third-order valence-corrected chi connectivity index (χ3v) is 4.56. The first-order valence-corrected chi connectivity index (χ1v) is 7.38. The highest BCUT2D eigenvalue weighted by Crippen LogP contribution is 2.38. The molecule has 0 aliphatic carbocycles. The predicted octanol–water partition coefficient (Wildman–Crippen LogP) is 0.265. The fourth-order valence-electron chi connectivity index (χ4n) is 3.54. The lowest BCUT2D eigenvalue weighted by atomic mass is 9.90. The number of piperazine rings is 1. The summed E-state index contributed by atoms with van der Waals surface area (Å²) in [5, 5.41) is 3.55. The van der Waals surface area contributed by atoms with Crippen molar-refractivity contribution in [3.8, 4) is 0 Å². The van der Waals surface area contributed by atoms with Crippen molar-refractivity contribution in [3.63, 3.8) is 0 Å². The Morgan fingerprint density at radius 1 is 1.30 bits per heavy atom. The number of aromatic amines is 1. The molecule has 7 nitrogen and oxygen atoms in total. The van der Waals surface area contributed by atoms with Gasteiger partial charge in [0.1, 0.15) is 6.04 Å². The Balaban J connectivity index is 1.95. The Morgan fingerprint density at radius 2 is 2.09 bits per heavy atom. The summed E-state index contributed by atoms with van der Waals surface area (Å²) < 4.78 is 4.89. The number of carbonyl (C=O) groups is 3. The number of amides is 2. The van der Waals surface area contributed by atoms with E-state index in [1.807, 2.05) is 24.3 Å². The Labute approximate surface area is 131 Å². The first kappa shape index (κ1) is 13.8. The summed E-state index contributed by atoms with van der Waals surface area (Å²) in [5.74, 6) is -1.07. The number of methoxy groups -OCH3 is 1. The molecule has 3 heterocycles. The highest BCUT2D eigenvalue weighted by molar-refractivity contribution is 6.00. The van der Waals surface area contributed by atoms with Crippen molar-refractivity contribution in [2.24, 2.45) is 0 Å². The largest absolute Gasteiger partial charge is 0.467 e. The van der Waals surface area contributed by atoms with Crippen LogP contribution in [-0.4, -0.2) is 47.4 Å². The van der Waals surface area contributed by atoms with Crippen LogP contribution in [-0.2, 0) is 25.5 Å². The van der Waals surface area contributed by atoms with Crippen molar-refractivity contribution >= 4 is 28.7 Å². The number of hydrogen-bond donors (Lipinski definition) is 2. The number of fused-ring (bicyclic) bond motifs is 4. The number of nitrogens with one attached hydrogen (secondary N) is 2. The molecule has 1 aromatic carbocycles. The number of hydrogen-bond acceptors (Lipinski definition) is 4. The molecule has 23 heavy (non-hydrogen) atoms. The number of rotatable bonds is 1. The smallest absolute Gasteiger partial charge is 0.334 e. The molecule has 0 bridgehead atoms. The number of aromatic nitrogens is 1. The topological polar surface area (TPSA) is 91.5 Å². The van der Waals surface area contributed by atoms with Crippen molar-refractivity contribution in [2.75, 3.05) is 13.7 Å². The van der Waals surface area contributed by atoms with E-state index in [2.05, 4.69) is 10.3 Å². The molecule has 2 aliphatic heterocycles. The summed E-state index contributed by atoms with van der Waals surface area (Å²) in [5.41, 5.74) is 2.40. The number of ether oxygens (including phenoxy) is 1.